The van der Waals surface area contributed by atoms with Crippen LogP contribution in [-0.4, -0.2) is 25.4 Å². The number of hydrogen-bond donors (Lipinski definition) is 1. The van der Waals surface area contributed by atoms with Crippen molar-refractivity contribution in [2.75, 3.05) is 0 Å². The fourth-order valence-corrected chi connectivity index (χ4v) is 1.74. The van der Waals surface area contributed by atoms with Gasteiger partial charge in [-0.25, -0.2) is 4.79 Å². The Balaban J connectivity index is 2.34. The lowest BCUT2D eigenvalue weighted by Crippen LogP contribution is -2.10. The average molecular weight is 240 g/mol. The number of carbonyl (C=O) groups is 1. The Morgan fingerprint density at radius 2 is 2.38 bits per heavy atom. The smallest absolute Gasteiger partial charge is 0.352 e. The van der Waals surface area contributed by atoms with Crippen molar-refractivity contribution >= 4 is 17.6 Å². The molecule has 0 aromatic carbocycles. The molecule has 2 rings (SSSR count). The van der Waals surface area contributed by atoms with Crippen LogP contribution in [0.1, 0.15) is 16.2 Å². The number of aryl methyl sites for hydroxylation is 1. The first kappa shape index (κ1) is 10.8. The van der Waals surface area contributed by atoms with Gasteiger partial charge in [0.1, 0.15) is 5.69 Å². The van der Waals surface area contributed by atoms with E-state index in [1.54, 1.807) is 28.7 Å². The summed E-state index contributed by atoms with van der Waals surface area (Å²) in [6.07, 6.45) is 3.26. The molecule has 84 valence electrons. The molecule has 0 radical (unpaired) electrons. The van der Waals surface area contributed by atoms with Crippen LogP contribution in [0, 0.1) is 0 Å². The number of nitrogens with zero attached hydrogens (tertiary/aromatic N) is 3. The molecule has 2 heterocycles. The molecular formula is C10H10ClN3O2. The Morgan fingerprint density at radius 3 is 2.94 bits per heavy atom. The van der Waals surface area contributed by atoms with Crippen LogP contribution < -0.4 is 0 Å². The second kappa shape index (κ2) is 4.02. The summed E-state index contributed by atoms with van der Waals surface area (Å²) < 4.78 is 3.28. The summed E-state index contributed by atoms with van der Waals surface area (Å²) in [5.41, 5.74) is 1.08. The predicted octanol–water partition coefficient (Wildman–Crippen LogP) is 1.62. The minimum Gasteiger partial charge on any atom is -0.477 e. The molecule has 0 spiro atoms. The lowest BCUT2D eigenvalue weighted by Gasteiger charge is -2.06. The summed E-state index contributed by atoms with van der Waals surface area (Å²) in [6.45, 7) is 0.435. The van der Waals surface area contributed by atoms with Gasteiger partial charge in [0.15, 0.2) is 0 Å². The van der Waals surface area contributed by atoms with Crippen LogP contribution in [-0.2, 0) is 13.6 Å². The van der Waals surface area contributed by atoms with Gasteiger partial charge in [-0.3, -0.25) is 4.68 Å². The SMILES string of the molecule is Cn1nccc1Cn1cc(Cl)cc1C(=O)O. The maximum Gasteiger partial charge on any atom is 0.352 e. The van der Waals surface area contributed by atoms with Gasteiger partial charge in [-0.1, -0.05) is 11.6 Å². The topological polar surface area (TPSA) is 60.0 Å². The molecule has 1 N–H and O–H groups in total. The van der Waals surface area contributed by atoms with E-state index >= 15 is 0 Å². The van der Waals surface area contributed by atoms with Crippen molar-refractivity contribution in [3.8, 4) is 0 Å². The van der Waals surface area contributed by atoms with E-state index in [1.807, 2.05) is 6.07 Å². The molecule has 0 saturated carbocycles. The van der Waals surface area contributed by atoms with Crippen LogP contribution in [0.2, 0.25) is 5.02 Å². The molecule has 0 saturated heterocycles. The van der Waals surface area contributed by atoms with Gasteiger partial charge in [0.05, 0.1) is 17.3 Å². The highest BCUT2D eigenvalue weighted by Crippen LogP contribution is 2.15. The van der Waals surface area contributed by atoms with Crippen molar-refractivity contribution in [3.63, 3.8) is 0 Å². The molecule has 0 amide bonds. The minimum absolute atomic E-state index is 0.172. The highest BCUT2D eigenvalue weighted by molar-refractivity contribution is 6.30. The molecule has 0 unspecified atom stereocenters. The monoisotopic (exact) mass is 239 g/mol. The standard InChI is InChI=1S/C10H10ClN3O2/c1-13-8(2-3-12-13)6-14-5-7(11)4-9(14)10(15)16/h2-5H,6H2,1H3,(H,15,16). The number of rotatable bonds is 3. The van der Waals surface area contributed by atoms with Gasteiger partial charge in [0.2, 0.25) is 0 Å². The first-order chi connectivity index (χ1) is 7.58. The minimum atomic E-state index is -0.992. The first-order valence-corrected chi connectivity index (χ1v) is 5.01. The molecule has 0 atom stereocenters. The van der Waals surface area contributed by atoms with Crippen molar-refractivity contribution in [1.82, 2.24) is 14.3 Å². The van der Waals surface area contributed by atoms with Crippen LogP contribution in [0.5, 0.6) is 0 Å². The lowest BCUT2D eigenvalue weighted by atomic mass is 10.4. The fraction of sp³-hybridized carbons (Fsp3) is 0.200. The number of halogens is 1. The quantitative estimate of drug-likeness (QED) is 0.886. The second-order valence-electron chi connectivity index (χ2n) is 3.42. The maximum atomic E-state index is 10.9. The second-order valence-corrected chi connectivity index (χ2v) is 3.86. The summed E-state index contributed by atoms with van der Waals surface area (Å²) in [4.78, 5) is 10.9. The largest absolute Gasteiger partial charge is 0.477 e. The molecule has 0 aliphatic rings. The summed E-state index contributed by atoms with van der Waals surface area (Å²) in [6, 6.07) is 3.26. The molecule has 0 aliphatic carbocycles. The molecule has 16 heavy (non-hydrogen) atoms. The van der Waals surface area contributed by atoms with Gasteiger partial charge in [0, 0.05) is 19.4 Å². The van der Waals surface area contributed by atoms with E-state index < -0.39 is 5.97 Å². The molecular weight excluding hydrogens is 230 g/mol. The zero-order valence-electron chi connectivity index (χ0n) is 8.59. The van der Waals surface area contributed by atoms with E-state index in [9.17, 15) is 4.79 Å². The highest BCUT2D eigenvalue weighted by Gasteiger charge is 2.12. The Morgan fingerprint density at radius 1 is 1.62 bits per heavy atom. The Kier molecular flexibility index (Phi) is 2.70. The van der Waals surface area contributed by atoms with E-state index in [2.05, 4.69) is 5.10 Å². The summed E-state index contributed by atoms with van der Waals surface area (Å²) in [7, 11) is 1.81. The van der Waals surface area contributed by atoms with Crippen molar-refractivity contribution in [2.24, 2.45) is 7.05 Å². The van der Waals surface area contributed by atoms with Crippen molar-refractivity contribution in [3.05, 3.63) is 40.9 Å². The molecule has 5 nitrogen and oxygen atoms in total. The zero-order valence-corrected chi connectivity index (χ0v) is 9.35. The fourth-order valence-electron chi connectivity index (χ4n) is 1.52. The molecule has 0 aliphatic heterocycles. The van der Waals surface area contributed by atoms with Crippen molar-refractivity contribution in [1.29, 1.82) is 0 Å². The summed E-state index contributed by atoms with van der Waals surface area (Å²) >= 11 is 5.78. The summed E-state index contributed by atoms with van der Waals surface area (Å²) in [5.74, 6) is -0.992. The van der Waals surface area contributed by atoms with E-state index in [4.69, 9.17) is 16.7 Å². The van der Waals surface area contributed by atoms with Gasteiger partial charge < -0.3 is 9.67 Å². The van der Waals surface area contributed by atoms with Gasteiger partial charge in [-0.2, -0.15) is 5.10 Å². The molecule has 0 bridgehead atoms. The van der Waals surface area contributed by atoms with Gasteiger partial charge in [-0.05, 0) is 12.1 Å². The van der Waals surface area contributed by atoms with E-state index in [0.717, 1.165) is 5.69 Å². The number of carboxylic acid groups (broad SMARTS) is 1. The number of carboxylic acids is 1. The molecule has 0 fully saturated rings. The molecule has 2 aromatic rings. The van der Waals surface area contributed by atoms with E-state index in [1.165, 1.54) is 6.07 Å². The van der Waals surface area contributed by atoms with Crippen molar-refractivity contribution < 1.29 is 9.90 Å². The highest BCUT2D eigenvalue weighted by atomic mass is 35.5. The van der Waals surface area contributed by atoms with Crippen LogP contribution in [0.25, 0.3) is 0 Å². The average Bonchev–Trinajstić information content (AvgIpc) is 2.75. The zero-order chi connectivity index (χ0) is 11.7. The van der Waals surface area contributed by atoms with Gasteiger partial charge in [0.25, 0.3) is 0 Å². The summed E-state index contributed by atoms with van der Waals surface area (Å²) in [5, 5.41) is 13.4. The first-order valence-electron chi connectivity index (χ1n) is 4.64. The third-order valence-corrected chi connectivity index (χ3v) is 2.54. The van der Waals surface area contributed by atoms with Crippen LogP contribution >= 0.6 is 11.6 Å². The van der Waals surface area contributed by atoms with E-state index in [-0.39, 0.29) is 5.69 Å². The number of hydrogen-bond acceptors (Lipinski definition) is 2. The lowest BCUT2D eigenvalue weighted by molar-refractivity contribution is 0.0685. The third kappa shape index (κ3) is 1.94. The third-order valence-electron chi connectivity index (χ3n) is 2.34. The van der Waals surface area contributed by atoms with Crippen molar-refractivity contribution in [2.45, 2.75) is 6.54 Å². The Bertz CT molecular complexity index is 530. The Hall–Kier alpha value is -1.75. The van der Waals surface area contributed by atoms with Gasteiger partial charge in [-0.15, -0.1) is 0 Å². The Labute approximate surface area is 96.9 Å². The normalized spacial score (nSPS) is 10.6. The van der Waals surface area contributed by atoms with Crippen LogP contribution in [0.4, 0.5) is 0 Å². The molecule has 6 heteroatoms. The predicted molar refractivity (Wildman–Crippen MR) is 58.7 cm³/mol. The van der Waals surface area contributed by atoms with Crippen LogP contribution in [0.3, 0.4) is 0 Å². The van der Waals surface area contributed by atoms with E-state index in [0.29, 0.717) is 11.6 Å². The number of aromatic nitrogens is 3. The van der Waals surface area contributed by atoms with Gasteiger partial charge >= 0.3 is 5.97 Å². The maximum absolute atomic E-state index is 10.9. The number of aromatic carboxylic acids is 1. The van der Waals surface area contributed by atoms with Crippen LogP contribution in [0.15, 0.2) is 24.5 Å². The molecule has 2 aromatic heterocycles.